The molecule has 1 fully saturated rings. The Morgan fingerprint density at radius 3 is 2.59 bits per heavy atom. The Bertz CT molecular complexity index is 979. The van der Waals surface area contributed by atoms with Gasteiger partial charge in [-0.15, -0.1) is 0 Å². The van der Waals surface area contributed by atoms with Gasteiger partial charge < -0.3 is 10.2 Å². The van der Waals surface area contributed by atoms with Gasteiger partial charge in [0.1, 0.15) is 5.82 Å². The van der Waals surface area contributed by atoms with E-state index < -0.39 is 0 Å². The van der Waals surface area contributed by atoms with E-state index in [4.69, 9.17) is 0 Å². The lowest BCUT2D eigenvalue weighted by atomic mass is 10.1. The first kappa shape index (κ1) is 17.5. The molecule has 3 aromatic rings. The summed E-state index contributed by atoms with van der Waals surface area (Å²) in [5.74, 6) is -0.404. The summed E-state index contributed by atoms with van der Waals surface area (Å²) in [5, 5.41) is 3.96. The lowest BCUT2D eigenvalue weighted by Crippen LogP contribution is -2.28. The SMILES string of the molecule is CCc1ccc(Nc2c(C(=O)N3CCCC3)cnc3ccc(F)cc23)cc1. The molecule has 2 heterocycles. The molecule has 1 saturated heterocycles. The molecule has 1 aliphatic heterocycles. The van der Waals surface area contributed by atoms with E-state index in [1.165, 1.54) is 17.7 Å². The van der Waals surface area contributed by atoms with Gasteiger partial charge in [-0.2, -0.15) is 0 Å². The quantitative estimate of drug-likeness (QED) is 0.716. The van der Waals surface area contributed by atoms with Crippen molar-refractivity contribution < 1.29 is 9.18 Å². The number of carbonyl (C=O) groups excluding carboxylic acids is 1. The molecule has 1 amide bonds. The van der Waals surface area contributed by atoms with Gasteiger partial charge in [0.05, 0.1) is 16.8 Å². The molecule has 0 bridgehead atoms. The molecule has 4 nitrogen and oxygen atoms in total. The molecule has 0 radical (unpaired) electrons. The smallest absolute Gasteiger partial charge is 0.257 e. The number of benzene rings is 2. The number of nitrogens with zero attached hydrogens (tertiary/aromatic N) is 2. The summed E-state index contributed by atoms with van der Waals surface area (Å²) in [6, 6.07) is 12.5. The van der Waals surface area contributed by atoms with Crippen molar-refractivity contribution in [2.24, 2.45) is 0 Å². The summed E-state index contributed by atoms with van der Waals surface area (Å²) in [4.78, 5) is 19.3. The van der Waals surface area contributed by atoms with Gasteiger partial charge in [-0.1, -0.05) is 19.1 Å². The Kier molecular flexibility index (Phi) is 4.75. The molecule has 0 spiro atoms. The third-order valence-corrected chi connectivity index (χ3v) is 5.09. The van der Waals surface area contributed by atoms with Crippen LogP contribution in [0.3, 0.4) is 0 Å². The van der Waals surface area contributed by atoms with Crippen LogP contribution in [-0.4, -0.2) is 28.9 Å². The van der Waals surface area contributed by atoms with Crippen molar-refractivity contribution >= 4 is 28.2 Å². The predicted molar refractivity (Wildman–Crippen MR) is 106 cm³/mol. The van der Waals surface area contributed by atoms with E-state index in [0.717, 1.165) is 38.0 Å². The Balaban J connectivity index is 1.81. The molecule has 0 unspecified atom stereocenters. The van der Waals surface area contributed by atoms with Gasteiger partial charge in [-0.25, -0.2) is 4.39 Å². The lowest BCUT2D eigenvalue weighted by molar-refractivity contribution is 0.0793. The van der Waals surface area contributed by atoms with E-state index in [1.807, 2.05) is 29.2 Å². The molecule has 0 aliphatic carbocycles. The second-order valence-electron chi connectivity index (χ2n) is 6.88. The van der Waals surface area contributed by atoms with Gasteiger partial charge in [0.15, 0.2) is 0 Å². The van der Waals surface area contributed by atoms with Gasteiger partial charge in [-0.3, -0.25) is 9.78 Å². The molecule has 1 aliphatic rings. The van der Waals surface area contributed by atoms with Crippen LogP contribution in [0.1, 0.15) is 35.7 Å². The van der Waals surface area contributed by atoms with Crippen molar-refractivity contribution in [3.8, 4) is 0 Å². The fourth-order valence-corrected chi connectivity index (χ4v) is 3.52. The van der Waals surface area contributed by atoms with E-state index >= 15 is 0 Å². The number of aryl methyl sites for hydroxylation is 1. The maximum atomic E-state index is 13.9. The van der Waals surface area contributed by atoms with E-state index in [-0.39, 0.29) is 11.7 Å². The molecule has 0 saturated carbocycles. The van der Waals surface area contributed by atoms with Gasteiger partial charge in [0, 0.05) is 30.4 Å². The average molecular weight is 363 g/mol. The van der Waals surface area contributed by atoms with Crippen molar-refractivity contribution in [1.29, 1.82) is 0 Å². The van der Waals surface area contributed by atoms with Gasteiger partial charge >= 0.3 is 0 Å². The standard InChI is InChI=1S/C22H22FN3O/c1-2-15-5-8-17(9-6-15)25-21-18-13-16(23)7-10-20(18)24-14-19(21)22(27)26-11-3-4-12-26/h5-10,13-14H,2-4,11-12H2,1H3,(H,24,25). The van der Waals surface area contributed by atoms with Crippen LogP contribution < -0.4 is 5.32 Å². The first-order valence-electron chi connectivity index (χ1n) is 9.39. The number of carbonyl (C=O) groups is 1. The molecule has 1 aromatic heterocycles. The van der Waals surface area contributed by atoms with E-state index in [1.54, 1.807) is 12.3 Å². The van der Waals surface area contributed by atoms with Crippen LogP contribution in [0.25, 0.3) is 10.9 Å². The van der Waals surface area contributed by atoms with Crippen molar-refractivity contribution in [2.75, 3.05) is 18.4 Å². The van der Waals surface area contributed by atoms with Crippen LogP contribution in [0.15, 0.2) is 48.7 Å². The summed E-state index contributed by atoms with van der Waals surface area (Å²) in [5.41, 5.74) is 3.84. The van der Waals surface area contributed by atoms with Crippen LogP contribution in [0, 0.1) is 5.82 Å². The topological polar surface area (TPSA) is 45.2 Å². The highest BCUT2D eigenvalue weighted by molar-refractivity contribution is 6.08. The maximum Gasteiger partial charge on any atom is 0.257 e. The molecule has 4 rings (SSSR count). The van der Waals surface area contributed by atoms with Crippen LogP contribution in [0.4, 0.5) is 15.8 Å². The lowest BCUT2D eigenvalue weighted by Gasteiger charge is -2.19. The second-order valence-corrected chi connectivity index (χ2v) is 6.88. The first-order chi connectivity index (χ1) is 13.2. The molecular formula is C22H22FN3O. The van der Waals surface area contributed by atoms with Crippen molar-refractivity contribution in [3.05, 3.63) is 65.6 Å². The minimum absolute atomic E-state index is 0.0566. The largest absolute Gasteiger partial charge is 0.354 e. The van der Waals surface area contributed by atoms with Crippen molar-refractivity contribution in [2.45, 2.75) is 26.2 Å². The summed E-state index contributed by atoms with van der Waals surface area (Å²) in [6.07, 6.45) is 4.59. The van der Waals surface area contributed by atoms with Gasteiger partial charge in [0.25, 0.3) is 5.91 Å². The fourth-order valence-electron chi connectivity index (χ4n) is 3.52. The highest BCUT2D eigenvalue weighted by atomic mass is 19.1. The summed E-state index contributed by atoms with van der Waals surface area (Å²) in [7, 11) is 0. The van der Waals surface area contributed by atoms with Crippen molar-refractivity contribution in [1.82, 2.24) is 9.88 Å². The van der Waals surface area contributed by atoms with Gasteiger partial charge in [0.2, 0.25) is 0 Å². The molecule has 0 atom stereocenters. The molecular weight excluding hydrogens is 341 g/mol. The Labute approximate surface area is 158 Å². The number of amides is 1. The average Bonchev–Trinajstić information content (AvgIpc) is 3.23. The number of rotatable bonds is 4. The third kappa shape index (κ3) is 3.50. The Morgan fingerprint density at radius 2 is 1.89 bits per heavy atom. The zero-order chi connectivity index (χ0) is 18.8. The normalized spacial score (nSPS) is 13.9. The molecule has 27 heavy (non-hydrogen) atoms. The van der Waals surface area contributed by atoms with E-state index in [9.17, 15) is 9.18 Å². The first-order valence-corrected chi connectivity index (χ1v) is 9.39. The molecule has 1 N–H and O–H groups in total. The number of anilines is 2. The number of nitrogens with one attached hydrogen (secondary N) is 1. The number of hydrogen-bond acceptors (Lipinski definition) is 3. The predicted octanol–water partition coefficient (Wildman–Crippen LogP) is 4.92. The number of pyridine rings is 1. The summed E-state index contributed by atoms with van der Waals surface area (Å²) >= 11 is 0. The van der Waals surface area contributed by atoms with E-state index in [0.29, 0.717) is 22.2 Å². The minimum Gasteiger partial charge on any atom is -0.354 e. The Hall–Kier alpha value is -2.95. The summed E-state index contributed by atoms with van der Waals surface area (Å²) < 4.78 is 13.9. The molecule has 5 heteroatoms. The number of hydrogen-bond donors (Lipinski definition) is 1. The summed E-state index contributed by atoms with van der Waals surface area (Å²) in [6.45, 7) is 3.61. The monoisotopic (exact) mass is 363 g/mol. The van der Waals surface area contributed by atoms with Crippen LogP contribution in [0.5, 0.6) is 0 Å². The minimum atomic E-state index is -0.348. The zero-order valence-electron chi connectivity index (χ0n) is 15.3. The zero-order valence-corrected chi connectivity index (χ0v) is 15.3. The van der Waals surface area contributed by atoms with Crippen LogP contribution >= 0.6 is 0 Å². The molecule has 138 valence electrons. The highest BCUT2D eigenvalue weighted by Crippen LogP contribution is 2.31. The number of aromatic nitrogens is 1. The number of likely N-dealkylation sites (tertiary alicyclic amines) is 1. The molecule has 2 aromatic carbocycles. The van der Waals surface area contributed by atoms with Crippen LogP contribution in [-0.2, 0) is 6.42 Å². The fraction of sp³-hybridized carbons (Fsp3) is 0.273. The second kappa shape index (κ2) is 7.35. The highest BCUT2D eigenvalue weighted by Gasteiger charge is 2.24. The van der Waals surface area contributed by atoms with E-state index in [2.05, 4.69) is 17.2 Å². The third-order valence-electron chi connectivity index (χ3n) is 5.09. The number of fused-ring (bicyclic) bond motifs is 1. The maximum absolute atomic E-state index is 13.9. The Morgan fingerprint density at radius 1 is 1.15 bits per heavy atom. The van der Waals surface area contributed by atoms with Gasteiger partial charge in [-0.05, 0) is 55.2 Å². The van der Waals surface area contributed by atoms with Crippen LogP contribution in [0.2, 0.25) is 0 Å². The van der Waals surface area contributed by atoms with Crippen molar-refractivity contribution in [3.63, 3.8) is 0 Å². The number of halogens is 1.